The molecule has 2 atom stereocenters. The van der Waals surface area contributed by atoms with Crippen LogP contribution in [0.5, 0.6) is 0 Å². The molecular weight excluding hydrogens is 170 g/mol. The van der Waals surface area contributed by atoms with Crippen molar-refractivity contribution < 1.29 is 0 Å². The van der Waals surface area contributed by atoms with Crippen molar-refractivity contribution in [2.75, 3.05) is 6.54 Å². The Kier molecular flexibility index (Phi) is 2.88. The molecule has 1 heteroatoms. The molecule has 82 valence electrons. The Labute approximate surface area is 88.4 Å². The van der Waals surface area contributed by atoms with Gasteiger partial charge in [0.15, 0.2) is 0 Å². The summed E-state index contributed by atoms with van der Waals surface area (Å²) in [5, 5.41) is 0. The normalized spacial score (nSPS) is 37.1. The fourth-order valence-electron chi connectivity index (χ4n) is 3.58. The molecule has 0 radical (unpaired) electrons. The van der Waals surface area contributed by atoms with Crippen molar-refractivity contribution >= 4 is 0 Å². The van der Waals surface area contributed by atoms with Gasteiger partial charge in [-0.25, -0.2) is 0 Å². The Morgan fingerprint density at radius 1 is 1.07 bits per heavy atom. The Morgan fingerprint density at radius 3 is 2.21 bits per heavy atom. The maximum Gasteiger partial charge on any atom is -0.00408 e. The molecule has 1 nitrogen and oxygen atoms in total. The zero-order valence-corrected chi connectivity index (χ0v) is 9.76. The average molecular weight is 195 g/mol. The lowest BCUT2D eigenvalue weighted by Gasteiger charge is -2.22. The molecular formula is C13H25N. The van der Waals surface area contributed by atoms with Crippen molar-refractivity contribution in [1.82, 2.24) is 0 Å². The largest absolute Gasteiger partial charge is 0.330 e. The Bertz CT molecular complexity index is 191. The highest BCUT2D eigenvalue weighted by atomic mass is 14.7. The highest BCUT2D eigenvalue weighted by molar-refractivity contribution is 5.05. The van der Waals surface area contributed by atoms with E-state index in [1.165, 1.54) is 38.5 Å². The van der Waals surface area contributed by atoms with Crippen LogP contribution in [0, 0.1) is 23.2 Å². The zero-order valence-electron chi connectivity index (χ0n) is 9.76. The molecule has 0 spiro atoms. The molecule has 0 aromatic carbocycles. The zero-order chi connectivity index (χ0) is 10.2. The average Bonchev–Trinajstić information content (AvgIpc) is 2.69. The van der Waals surface area contributed by atoms with E-state index in [2.05, 4.69) is 13.8 Å². The summed E-state index contributed by atoms with van der Waals surface area (Å²) in [6.45, 7) is 5.71. The molecule has 0 aliphatic heterocycles. The van der Waals surface area contributed by atoms with E-state index in [1.807, 2.05) is 0 Å². The van der Waals surface area contributed by atoms with Crippen molar-refractivity contribution in [2.24, 2.45) is 28.9 Å². The number of rotatable bonds is 3. The highest BCUT2D eigenvalue weighted by Crippen LogP contribution is 2.60. The van der Waals surface area contributed by atoms with Crippen LogP contribution < -0.4 is 5.73 Å². The monoisotopic (exact) mass is 195 g/mol. The van der Waals surface area contributed by atoms with E-state index in [1.54, 1.807) is 0 Å². The van der Waals surface area contributed by atoms with Crippen LogP contribution in [0.1, 0.15) is 52.4 Å². The molecule has 0 heterocycles. The number of hydrogen-bond acceptors (Lipinski definition) is 1. The van der Waals surface area contributed by atoms with Gasteiger partial charge in [-0.05, 0) is 36.1 Å². The molecule has 14 heavy (non-hydrogen) atoms. The van der Waals surface area contributed by atoms with E-state index in [-0.39, 0.29) is 0 Å². The molecule has 0 amide bonds. The summed E-state index contributed by atoms with van der Waals surface area (Å²) in [5.41, 5.74) is 6.37. The van der Waals surface area contributed by atoms with Gasteiger partial charge < -0.3 is 5.73 Å². The summed E-state index contributed by atoms with van der Waals surface area (Å²) in [7, 11) is 0. The van der Waals surface area contributed by atoms with Crippen LogP contribution in [0.25, 0.3) is 0 Å². The summed E-state index contributed by atoms with van der Waals surface area (Å²) in [4.78, 5) is 0. The predicted octanol–water partition coefficient (Wildman–Crippen LogP) is 3.19. The maximum atomic E-state index is 5.80. The highest BCUT2D eigenvalue weighted by Gasteiger charge is 2.56. The van der Waals surface area contributed by atoms with Crippen molar-refractivity contribution in [3.8, 4) is 0 Å². The van der Waals surface area contributed by atoms with Crippen LogP contribution >= 0.6 is 0 Å². The fraction of sp³-hybridized carbons (Fsp3) is 1.00. The summed E-state index contributed by atoms with van der Waals surface area (Å²) in [6.07, 6.45) is 8.88. The van der Waals surface area contributed by atoms with Gasteiger partial charge in [0.1, 0.15) is 0 Å². The third-order valence-electron chi connectivity index (χ3n) is 4.85. The van der Waals surface area contributed by atoms with Gasteiger partial charge in [-0.1, -0.05) is 46.0 Å². The first-order valence-electron chi connectivity index (χ1n) is 6.36. The molecule has 2 aliphatic rings. The third-order valence-corrected chi connectivity index (χ3v) is 4.85. The number of hydrogen-bond donors (Lipinski definition) is 1. The topological polar surface area (TPSA) is 26.0 Å². The lowest BCUT2D eigenvalue weighted by Crippen LogP contribution is -2.09. The van der Waals surface area contributed by atoms with Gasteiger partial charge in [0.05, 0.1) is 0 Å². The summed E-state index contributed by atoms with van der Waals surface area (Å²) >= 11 is 0. The van der Waals surface area contributed by atoms with E-state index in [9.17, 15) is 0 Å². The first-order valence-corrected chi connectivity index (χ1v) is 6.36. The smallest absolute Gasteiger partial charge is 0.00408 e. The standard InChI is InChI=1S/C13H25N/c1-13(2)11(12(13)9-14)8-10-6-4-3-5-7-10/h10-12H,3-9,14H2,1-2H3/t11-,12-/m1/s1. The second kappa shape index (κ2) is 3.84. The van der Waals surface area contributed by atoms with Crippen LogP contribution in [0.2, 0.25) is 0 Å². The minimum atomic E-state index is 0.562. The minimum absolute atomic E-state index is 0.562. The maximum absolute atomic E-state index is 5.80. The van der Waals surface area contributed by atoms with Crippen LogP contribution in [0.4, 0.5) is 0 Å². The summed E-state index contributed by atoms with van der Waals surface area (Å²) < 4.78 is 0. The van der Waals surface area contributed by atoms with Crippen LogP contribution in [-0.4, -0.2) is 6.54 Å². The lowest BCUT2D eigenvalue weighted by molar-refractivity contribution is 0.309. The van der Waals surface area contributed by atoms with Gasteiger partial charge in [-0.3, -0.25) is 0 Å². The fourth-order valence-corrected chi connectivity index (χ4v) is 3.58. The summed E-state index contributed by atoms with van der Waals surface area (Å²) in [5.74, 6) is 2.80. The van der Waals surface area contributed by atoms with Crippen LogP contribution in [0.15, 0.2) is 0 Å². The predicted molar refractivity (Wildman–Crippen MR) is 61.0 cm³/mol. The molecule has 2 rings (SSSR count). The van der Waals surface area contributed by atoms with E-state index < -0.39 is 0 Å². The van der Waals surface area contributed by atoms with Gasteiger partial charge >= 0.3 is 0 Å². The molecule has 2 fully saturated rings. The molecule has 0 bridgehead atoms. The lowest BCUT2D eigenvalue weighted by atomic mass is 9.84. The molecule has 0 unspecified atom stereocenters. The number of nitrogens with two attached hydrogens (primary N) is 1. The minimum Gasteiger partial charge on any atom is -0.330 e. The van der Waals surface area contributed by atoms with Crippen LogP contribution in [-0.2, 0) is 0 Å². The molecule has 2 saturated carbocycles. The Balaban J connectivity index is 1.81. The molecule has 0 aromatic heterocycles. The van der Waals surface area contributed by atoms with Gasteiger partial charge in [0, 0.05) is 0 Å². The van der Waals surface area contributed by atoms with Gasteiger partial charge in [-0.2, -0.15) is 0 Å². The first-order chi connectivity index (χ1) is 6.66. The van der Waals surface area contributed by atoms with E-state index >= 15 is 0 Å². The second-order valence-corrected chi connectivity index (χ2v) is 6.01. The first kappa shape index (κ1) is 10.5. The van der Waals surface area contributed by atoms with Gasteiger partial charge in [0.25, 0.3) is 0 Å². The summed E-state index contributed by atoms with van der Waals surface area (Å²) in [6, 6.07) is 0. The molecule has 0 saturated heterocycles. The molecule has 2 N–H and O–H groups in total. The molecule has 0 aromatic rings. The molecule has 2 aliphatic carbocycles. The van der Waals surface area contributed by atoms with Gasteiger partial charge in [-0.15, -0.1) is 0 Å². The van der Waals surface area contributed by atoms with E-state index in [0.29, 0.717) is 5.41 Å². The quantitative estimate of drug-likeness (QED) is 0.735. The van der Waals surface area contributed by atoms with Gasteiger partial charge in [0.2, 0.25) is 0 Å². The van der Waals surface area contributed by atoms with Crippen molar-refractivity contribution in [3.05, 3.63) is 0 Å². The second-order valence-electron chi connectivity index (χ2n) is 6.01. The Morgan fingerprint density at radius 2 is 1.71 bits per heavy atom. The van der Waals surface area contributed by atoms with E-state index in [0.717, 1.165) is 24.3 Å². The van der Waals surface area contributed by atoms with E-state index in [4.69, 9.17) is 5.73 Å². The van der Waals surface area contributed by atoms with Crippen LogP contribution in [0.3, 0.4) is 0 Å². The Hall–Kier alpha value is -0.0400. The van der Waals surface area contributed by atoms with Crippen molar-refractivity contribution in [3.63, 3.8) is 0 Å². The third kappa shape index (κ3) is 1.84. The van der Waals surface area contributed by atoms with Crippen molar-refractivity contribution in [1.29, 1.82) is 0 Å². The van der Waals surface area contributed by atoms with Crippen molar-refractivity contribution in [2.45, 2.75) is 52.4 Å². The SMILES string of the molecule is CC1(C)[C@H](CN)[C@H]1CC1CCCCC1.